The second-order valence-corrected chi connectivity index (χ2v) is 3.67. The number of aliphatic hydroxyl groups excluding tert-OH is 1. The number of hydrogen-bond acceptors (Lipinski definition) is 3. The first-order chi connectivity index (χ1) is 7.81. The Bertz CT molecular complexity index is 420. The maximum absolute atomic E-state index is 8.85. The molecule has 1 aromatic carbocycles. The number of furan rings is 1. The molecule has 1 aromatic heterocycles. The zero-order chi connectivity index (χ0) is 11.4. The number of rotatable bonds is 4. The molecule has 2 aromatic rings. The molecule has 0 aliphatic heterocycles. The molecule has 0 atom stereocenters. The molecule has 3 nitrogen and oxygen atoms in total. The lowest BCUT2D eigenvalue weighted by molar-refractivity contribution is 0.304. The number of nitrogens with zero attached hydrogens (tertiary/aromatic N) is 1. The van der Waals surface area contributed by atoms with Crippen LogP contribution in [-0.4, -0.2) is 25.3 Å². The van der Waals surface area contributed by atoms with Gasteiger partial charge in [0.2, 0.25) is 0 Å². The average Bonchev–Trinajstić information content (AvgIpc) is 2.83. The second-order valence-electron chi connectivity index (χ2n) is 3.67. The van der Waals surface area contributed by atoms with Gasteiger partial charge in [0, 0.05) is 24.8 Å². The molecule has 0 radical (unpaired) electrons. The van der Waals surface area contributed by atoms with E-state index in [0.717, 1.165) is 17.0 Å². The number of hydrogen-bond donors (Lipinski definition) is 1. The van der Waals surface area contributed by atoms with Crippen LogP contribution in [0.3, 0.4) is 0 Å². The van der Waals surface area contributed by atoms with Gasteiger partial charge in [0.25, 0.3) is 0 Å². The molecule has 0 saturated heterocycles. The van der Waals surface area contributed by atoms with E-state index in [4.69, 9.17) is 9.52 Å². The highest BCUT2D eigenvalue weighted by atomic mass is 16.3. The average molecular weight is 217 g/mol. The molecule has 2 rings (SSSR count). The number of aliphatic hydroxyl groups is 1. The number of likely N-dealkylation sites (N-methyl/N-ethyl adjacent to an activating group) is 1. The van der Waals surface area contributed by atoms with Gasteiger partial charge in [0.1, 0.15) is 5.76 Å². The van der Waals surface area contributed by atoms with Crippen molar-refractivity contribution >= 4 is 5.69 Å². The van der Waals surface area contributed by atoms with Gasteiger partial charge in [-0.2, -0.15) is 0 Å². The van der Waals surface area contributed by atoms with E-state index >= 15 is 0 Å². The zero-order valence-corrected chi connectivity index (χ0v) is 9.26. The number of anilines is 1. The summed E-state index contributed by atoms with van der Waals surface area (Å²) in [5.74, 6) is 0.872. The maximum Gasteiger partial charge on any atom is 0.133 e. The van der Waals surface area contributed by atoms with Crippen LogP contribution in [0, 0.1) is 0 Å². The van der Waals surface area contributed by atoms with Gasteiger partial charge in [0.05, 0.1) is 12.9 Å². The van der Waals surface area contributed by atoms with Crippen LogP contribution in [0.1, 0.15) is 0 Å². The lowest BCUT2D eigenvalue weighted by atomic mass is 10.1. The van der Waals surface area contributed by atoms with E-state index in [0.29, 0.717) is 6.54 Å². The lowest BCUT2D eigenvalue weighted by Crippen LogP contribution is -2.20. The van der Waals surface area contributed by atoms with Crippen LogP contribution in [0.15, 0.2) is 47.1 Å². The Morgan fingerprint density at radius 3 is 2.50 bits per heavy atom. The molecule has 0 fully saturated rings. The largest absolute Gasteiger partial charge is 0.464 e. The molecule has 3 heteroatoms. The molecule has 84 valence electrons. The van der Waals surface area contributed by atoms with Crippen molar-refractivity contribution in [3.8, 4) is 11.3 Å². The Morgan fingerprint density at radius 2 is 1.94 bits per heavy atom. The Labute approximate surface area is 94.9 Å². The van der Waals surface area contributed by atoms with E-state index in [9.17, 15) is 0 Å². The minimum absolute atomic E-state index is 0.163. The molecule has 0 amide bonds. The monoisotopic (exact) mass is 217 g/mol. The summed E-state index contributed by atoms with van der Waals surface area (Å²) in [6.07, 6.45) is 1.67. The normalized spacial score (nSPS) is 10.4. The fraction of sp³-hybridized carbons (Fsp3) is 0.231. The summed E-state index contributed by atoms with van der Waals surface area (Å²) < 4.78 is 5.31. The minimum atomic E-state index is 0.163. The summed E-state index contributed by atoms with van der Waals surface area (Å²) in [5.41, 5.74) is 2.15. The van der Waals surface area contributed by atoms with Crippen molar-refractivity contribution in [2.24, 2.45) is 0 Å². The predicted octanol–water partition coefficient (Wildman–Crippen LogP) is 2.38. The highest BCUT2D eigenvalue weighted by Gasteiger charge is 2.02. The van der Waals surface area contributed by atoms with Gasteiger partial charge in [-0.3, -0.25) is 0 Å². The predicted molar refractivity (Wildman–Crippen MR) is 64.5 cm³/mol. The van der Waals surface area contributed by atoms with E-state index < -0.39 is 0 Å². The molecule has 0 unspecified atom stereocenters. The topological polar surface area (TPSA) is 36.6 Å². The van der Waals surface area contributed by atoms with Crippen molar-refractivity contribution in [1.29, 1.82) is 0 Å². The summed E-state index contributed by atoms with van der Waals surface area (Å²) in [7, 11) is 1.96. The molecular weight excluding hydrogens is 202 g/mol. The third kappa shape index (κ3) is 2.25. The molecule has 0 bridgehead atoms. The highest BCUT2D eigenvalue weighted by molar-refractivity contribution is 5.61. The van der Waals surface area contributed by atoms with Gasteiger partial charge in [-0.1, -0.05) is 0 Å². The van der Waals surface area contributed by atoms with E-state index in [1.165, 1.54) is 0 Å². The molecule has 0 aliphatic carbocycles. The fourth-order valence-corrected chi connectivity index (χ4v) is 1.60. The Morgan fingerprint density at radius 1 is 1.19 bits per heavy atom. The van der Waals surface area contributed by atoms with Crippen LogP contribution < -0.4 is 4.90 Å². The summed E-state index contributed by atoms with van der Waals surface area (Å²) in [6.45, 7) is 0.802. The minimum Gasteiger partial charge on any atom is -0.464 e. The van der Waals surface area contributed by atoms with Crippen molar-refractivity contribution in [1.82, 2.24) is 0 Å². The van der Waals surface area contributed by atoms with Gasteiger partial charge in [-0.15, -0.1) is 0 Å². The highest BCUT2D eigenvalue weighted by Crippen LogP contribution is 2.22. The van der Waals surface area contributed by atoms with Crippen LogP contribution in [0.25, 0.3) is 11.3 Å². The van der Waals surface area contributed by atoms with Gasteiger partial charge < -0.3 is 14.4 Å². The van der Waals surface area contributed by atoms with Crippen molar-refractivity contribution < 1.29 is 9.52 Å². The van der Waals surface area contributed by atoms with Crippen LogP contribution in [0.2, 0.25) is 0 Å². The first kappa shape index (κ1) is 10.8. The van der Waals surface area contributed by atoms with Crippen LogP contribution in [0.4, 0.5) is 5.69 Å². The molecule has 1 N–H and O–H groups in total. The molecule has 16 heavy (non-hydrogen) atoms. The van der Waals surface area contributed by atoms with Crippen LogP contribution >= 0.6 is 0 Å². The molecule has 0 aliphatic rings. The summed E-state index contributed by atoms with van der Waals surface area (Å²) >= 11 is 0. The third-order valence-corrected chi connectivity index (χ3v) is 2.55. The van der Waals surface area contributed by atoms with Crippen LogP contribution in [-0.2, 0) is 0 Å². The Hall–Kier alpha value is -1.74. The summed E-state index contributed by atoms with van der Waals surface area (Å²) in [5, 5.41) is 8.85. The van der Waals surface area contributed by atoms with Crippen molar-refractivity contribution in [2.45, 2.75) is 0 Å². The van der Waals surface area contributed by atoms with Crippen molar-refractivity contribution in [3.05, 3.63) is 42.7 Å². The lowest BCUT2D eigenvalue weighted by Gasteiger charge is -2.17. The van der Waals surface area contributed by atoms with Crippen molar-refractivity contribution in [2.75, 3.05) is 25.1 Å². The summed E-state index contributed by atoms with van der Waals surface area (Å²) in [6, 6.07) is 11.9. The second kappa shape index (κ2) is 4.86. The first-order valence-electron chi connectivity index (χ1n) is 5.27. The van der Waals surface area contributed by atoms with Crippen LogP contribution in [0.5, 0.6) is 0 Å². The van der Waals surface area contributed by atoms with Gasteiger partial charge in [0.15, 0.2) is 0 Å². The molecule has 0 spiro atoms. The maximum atomic E-state index is 8.85. The SMILES string of the molecule is CN(CCO)c1ccc(-c2ccco2)cc1. The Balaban J connectivity index is 2.16. The van der Waals surface area contributed by atoms with Gasteiger partial charge in [-0.25, -0.2) is 0 Å². The molecular formula is C13H15NO2. The van der Waals surface area contributed by atoms with Crippen molar-refractivity contribution in [3.63, 3.8) is 0 Å². The van der Waals surface area contributed by atoms with E-state index in [2.05, 4.69) is 0 Å². The third-order valence-electron chi connectivity index (χ3n) is 2.55. The fourth-order valence-electron chi connectivity index (χ4n) is 1.60. The Kier molecular flexibility index (Phi) is 3.27. The molecule has 1 heterocycles. The van der Waals surface area contributed by atoms with Gasteiger partial charge >= 0.3 is 0 Å². The summed E-state index contributed by atoms with van der Waals surface area (Å²) in [4.78, 5) is 2.01. The first-order valence-corrected chi connectivity index (χ1v) is 5.27. The van der Waals surface area contributed by atoms with E-state index in [1.807, 2.05) is 48.3 Å². The standard InChI is InChI=1S/C13H15NO2/c1-14(8-9-15)12-6-4-11(5-7-12)13-3-2-10-16-13/h2-7,10,15H,8-9H2,1H3. The molecule has 0 saturated carbocycles. The van der Waals surface area contributed by atoms with Gasteiger partial charge in [-0.05, 0) is 36.4 Å². The smallest absolute Gasteiger partial charge is 0.133 e. The zero-order valence-electron chi connectivity index (χ0n) is 9.26. The van der Waals surface area contributed by atoms with E-state index in [-0.39, 0.29) is 6.61 Å². The quantitative estimate of drug-likeness (QED) is 0.854. The number of benzene rings is 1. The van der Waals surface area contributed by atoms with E-state index in [1.54, 1.807) is 6.26 Å².